The number of rotatable bonds is 4. The number of hydrogen-bond acceptors (Lipinski definition) is 3. The Morgan fingerprint density at radius 2 is 2.31 bits per heavy atom. The van der Waals surface area contributed by atoms with Gasteiger partial charge in [0.25, 0.3) is 0 Å². The molecule has 0 aromatic heterocycles. The first kappa shape index (κ1) is 11.4. The summed E-state index contributed by atoms with van der Waals surface area (Å²) in [6, 6.07) is 6.08. The van der Waals surface area contributed by atoms with Crippen LogP contribution in [0.5, 0.6) is 5.75 Å². The minimum atomic E-state index is -0.108. The lowest BCUT2D eigenvalue weighted by Crippen LogP contribution is -2.27. The summed E-state index contributed by atoms with van der Waals surface area (Å²) < 4.78 is 11.0. The third kappa shape index (κ3) is 1.93. The van der Waals surface area contributed by atoms with Gasteiger partial charge in [-0.2, -0.15) is 0 Å². The van der Waals surface area contributed by atoms with Crippen LogP contribution in [0.3, 0.4) is 0 Å². The van der Waals surface area contributed by atoms with Crippen LogP contribution in [-0.2, 0) is 11.2 Å². The molecule has 1 aromatic carbocycles. The van der Waals surface area contributed by atoms with Crippen molar-refractivity contribution in [2.75, 3.05) is 13.7 Å². The smallest absolute Gasteiger partial charge is 0.127 e. The Bertz CT molecular complexity index is 361. The van der Waals surface area contributed by atoms with Gasteiger partial charge in [-0.05, 0) is 12.0 Å². The molecular formula is C13H19NO2. The third-order valence-electron chi connectivity index (χ3n) is 3.21. The molecule has 2 rings (SSSR count). The van der Waals surface area contributed by atoms with E-state index >= 15 is 0 Å². The molecule has 0 bridgehead atoms. The van der Waals surface area contributed by atoms with Crippen LogP contribution < -0.4 is 10.5 Å². The molecule has 3 heteroatoms. The summed E-state index contributed by atoms with van der Waals surface area (Å²) in [5.74, 6) is 0.977. The van der Waals surface area contributed by atoms with E-state index in [1.165, 1.54) is 5.56 Å². The lowest BCUT2D eigenvalue weighted by molar-refractivity contribution is 0.0764. The second kappa shape index (κ2) is 4.85. The third-order valence-corrected chi connectivity index (χ3v) is 3.21. The van der Waals surface area contributed by atoms with Crippen molar-refractivity contribution < 1.29 is 9.47 Å². The molecule has 2 atom stereocenters. The molecule has 0 spiro atoms. The fourth-order valence-electron chi connectivity index (χ4n) is 2.27. The summed E-state index contributed by atoms with van der Waals surface area (Å²) in [5, 5.41) is 0. The molecule has 0 aliphatic carbocycles. The van der Waals surface area contributed by atoms with E-state index in [4.69, 9.17) is 15.2 Å². The summed E-state index contributed by atoms with van der Waals surface area (Å²) >= 11 is 0. The van der Waals surface area contributed by atoms with Gasteiger partial charge in [-0.15, -0.1) is 0 Å². The van der Waals surface area contributed by atoms with E-state index in [1.54, 1.807) is 7.11 Å². The van der Waals surface area contributed by atoms with Crippen LogP contribution in [0.15, 0.2) is 18.2 Å². The molecule has 2 unspecified atom stereocenters. The van der Waals surface area contributed by atoms with Crippen LogP contribution in [0.1, 0.15) is 30.5 Å². The maximum Gasteiger partial charge on any atom is 0.127 e. The molecule has 1 aliphatic rings. The number of para-hydroxylation sites is 1. The van der Waals surface area contributed by atoms with Gasteiger partial charge in [-0.25, -0.2) is 0 Å². The quantitative estimate of drug-likeness (QED) is 0.846. The van der Waals surface area contributed by atoms with Crippen LogP contribution in [0.25, 0.3) is 0 Å². The molecule has 0 saturated carbocycles. The van der Waals surface area contributed by atoms with Crippen molar-refractivity contribution in [3.05, 3.63) is 29.3 Å². The maximum absolute atomic E-state index is 6.23. The van der Waals surface area contributed by atoms with Crippen molar-refractivity contribution in [3.63, 3.8) is 0 Å². The highest BCUT2D eigenvalue weighted by Gasteiger charge is 2.24. The predicted molar refractivity (Wildman–Crippen MR) is 63.7 cm³/mol. The Kier molecular flexibility index (Phi) is 3.46. The Morgan fingerprint density at radius 1 is 1.50 bits per heavy atom. The average Bonchev–Trinajstić information content (AvgIpc) is 2.78. The Labute approximate surface area is 96.5 Å². The Morgan fingerprint density at radius 3 is 3.00 bits per heavy atom. The Balaban J connectivity index is 2.30. The summed E-state index contributed by atoms with van der Waals surface area (Å²) in [6.45, 7) is 2.85. The number of methoxy groups -OCH3 is 1. The van der Waals surface area contributed by atoms with Crippen LogP contribution >= 0.6 is 0 Å². The molecule has 1 heterocycles. The Hall–Kier alpha value is -1.06. The predicted octanol–water partition coefficient (Wildman–Crippen LogP) is 2.05. The largest absolute Gasteiger partial charge is 0.493 e. The van der Waals surface area contributed by atoms with Crippen molar-refractivity contribution >= 4 is 0 Å². The zero-order valence-electron chi connectivity index (χ0n) is 9.90. The summed E-state index contributed by atoms with van der Waals surface area (Å²) in [7, 11) is 1.71. The lowest BCUT2D eigenvalue weighted by Gasteiger charge is -2.23. The van der Waals surface area contributed by atoms with Gasteiger partial charge in [-0.1, -0.05) is 25.1 Å². The summed E-state index contributed by atoms with van der Waals surface area (Å²) in [6.07, 6.45) is 1.94. The van der Waals surface area contributed by atoms with E-state index < -0.39 is 0 Å². The van der Waals surface area contributed by atoms with Crippen molar-refractivity contribution in [2.45, 2.75) is 31.9 Å². The molecule has 1 aliphatic heterocycles. The van der Waals surface area contributed by atoms with Crippen LogP contribution in [0, 0.1) is 0 Å². The van der Waals surface area contributed by atoms with Crippen molar-refractivity contribution in [3.8, 4) is 5.75 Å². The molecule has 0 fully saturated rings. The van der Waals surface area contributed by atoms with Gasteiger partial charge >= 0.3 is 0 Å². The number of nitrogens with two attached hydrogens (primary N) is 1. The SMILES string of the molecule is CCC(OC)C(N)c1cccc2c1OCC2. The van der Waals surface area contributed by atoms with E-state index in [2.05, 4.69) is 13.0 Å². The first-order chi connectivity index (χ1) is 7.77. The first-order valence-electron chi connectivity index (χ1n) is 5.81. The fraction of sp³-hybridized carbons (Fsp3) is 0.538. The normalized spacial score (nSPS) is 17.7. The number of hydrogen-bond donors (Lipinski definition) is 1. The fourth-order valence-corrected chi connectivity index (χ4v) is 2.27. The first-order valence-corrected chi connectivity index (χ1v) is 5.81. The monoisotopic (exact) mass is 221 g/mol. The number of ether oxygens (including phenoxy) is 2. The molecule has 0 saturated heterocycles. The van der Waals surface area contributed by atoms with Gasteiger partial charge in [0.15, 0.2) is 0 Å². The van der Waals surface area contributed by atoms with Crippen molar-refractivity contribution in [2.24, 2.45) is 5.73 Å². The standard InChI is InChI=1S/C13H19NO2/c1-3-11(15-2)12(14)10-6-4-5-9-7-8-16-13(9)10/h4-6,11-12H,3,7-8,14H2,1-2H3. The second-order valence-corrected chi connectivity index (χ2v) is 4.14. The van der Waals surface area contributed by atoms with Gasteiger partial charge in [0.05, 0.1) is 18.8 Å². The lowest BCUT2D eigenvalue weighted by atomic mass is 9.97. The van der Waals surface area contributed by atoms with Gasteiger partial charge in [0.1, 0.15) is 5.75 Å². The summed E-state index contributed by atoms with van der Waals surface area (Å²) in [5.41, 5.74) is 8.56. The van der Waals surface area contributed by atoms with Gasteiger partial charge in [-0.3, -0.25) is 0 Å². The van der Waals surface area contributed by atoms with Gasteiger partial charge in [0.2, 0.25) is 0 Å². The molecule has 16 heavy (non-hydrogen) atoms. The maximum atomic E-state index is 6.23. The molecule has 1 aromatic rings. The van der Waals surface area contributed by atoms with Gasteiger partial charge < -0.3 is 15.2 Å². The van der Waals surface area contributed by atoms with E-state index in [9.17, 15) is 0 Å². The highest BCUT2D eigenvalue weighted by Crippen LogP contribution is 2.34. The zero-order valence-corrected chi connectivity index (χ0v) is 9.90. The van der Waals surface area contributed by atoms with E-state index in [-0.39, 0.29) is 12.1 Å². The molecule has 0 radical (unpaired) electrons. The molecule has 0 amide bonds. The highest BCUT2D eigenvalue weighted by molar-refractivity contribution is 5.45. The molecule has 2 N–H and O–H groups in total. The number of benzene rings is 1. The molecule has 3 nitrogen and oxygen atoms in total. The zero-order chi connectivity index (χ0) is 11.5. The summed E-state index contributed by atoms with van der Waals surface area (Å²) in [4.78, 5) is 0. The highest BCUT2D eigenvalue weighted by atomic mass is 16.5. The second-order valence-electron chi connectivity index (χ2n) is 4.14. The van der Waals surface area contributed by atoms with Crippen molar-refractivity contribution in [1.29, 1.82) is 0 Å². The topological polar surface area (TPSA) is 44.5 Å². The number of fused-ring (bicyclic) bond motifs is 1. The molecule has 88 valence electrons. The van der Waals surface area contributed by atoms with Crippen LogP contribution in [-0.4, -0.2) is 19.8 Å². The molecular weight excluding hydrogens is 202 g/mol. The van der Waals surface area contributed by atoms with E-state index in [0.717, 1.165) is 30.8 Å². The van der Waals surface area contributed by atoms with E-state index in [1.807, 2.05) is 12.1 Å². The van der Waals surface area contributed by atoms with Crippen LogP contribution in [0.2, 0.25) is 0 Å². The van der Waals surface area contributed by atoms with E-state index in [0.29, 0.717) is 0 Å². The van der Waals surface area contributed by atoms with Crippen molar-refractivity contribution in [1.82, 2.24) is 0 Å². The minimum absolute atomic E-state index is 0.0516. The van der Waals surface area contributed by atoms with Crippen LogP contribution in [0.4, 0.5) is 0 Å². The minimum Gasteiger partial charge on any atom is -0.493 e. The van der Waals surface area contributed by atoms with Gasteiger partial charge in [0, 0.05) is 19.1 Å². The average molecular weight is 221 g/mol.